The zero-order chi connectivity index (χ0) is 22.1. The van der Waals surface area contributed by atoms with E-state index in [1.807, 2.05) is 0 Å². The van der Waals surface area contributed by atoms with E-state index in [1.165, 1.54) is 61.7 Å². The van der Waals surface area contributed by atoms with Crippen LogP contribution in [0.2, 0.25) is 0 Å². The molecule has 0 spiro atoms. The molecule has 0 radical (unpaired) electrons. The van der Waals surface area contributed by atoms with Gasteiger partial charge in [0.2, 0.25) is 0 Å². The van der Waals surface area contributed by atoms with Crippen molar-refractivity contribution in [2.24, 2.45) is 11.3 Å². The predicted molar refractivity (Wildman–Crippen MR) is 131 cm³/mol. The summed E-state index contributed by atoms with van der Waals surface area (Å²) in [6.07, 6.45) is 9.93. The van der Waals surface area contributed by atoms with Crippen molar-refractivity contribution < 1.29 is 9.47 Å². The highest BCUT2D eigenvalue weighted by Crippen LogP contribution is 2.45. The molecule has 1 aliphatic heterocycles. The molecule has 1 aromatic heterocycles. The third-order valence-corrected chi connectivity index (χ3v) is 7.42. The number of fused-ring (bicyclic) bond motifs is 3. The molecule has 1 aromatic carbocycles. The lowest BCUT2D eigenvalue weighted by molar-refractivity contribution is 0.254. The molecule has 0 atom stereocenters. The van der Waals surface area contributed by atoms with Gasteiger partial charge in [0.25, 0.3) is 0 Å². The van der Waals surface area contributed by atoms with Crippen molar-refractivity contribution in [2.45, 2.75) is 65.2 Å². The van der Waals surface area contributed by atoms with E-state index < -0.39 is 0 Å². The van der Waals surface area contributed by atoms with Gasteiger partial charge in [-0.3, -0.25) is 0 Å². The van der Waals surface area contributed by atoms with Gasteiger partial charge in [-0.05, 0) is 80.1 Å². The van der Waals surface area contributed by atoms with Gasteiger partial charge in [0.1, 0.15) is 5.82 Å². The first-order chi connectivity index (χ1) is 15.5. The van der Waals surface area contributed by atoms with Crippen molar-refractivity contribution in [2.75, 3.05) is 45.2 Å². The first kappa shape index (κ1) is 21.8. The van der Waals surface area contributed by atoms with E-state index in [2.05, 4.69) is 36.2 Å². The molecule has 174 valence electrons. The number of ether oxygens (including phenoxy) is 2. The average Bonchev–Trinajstić information content (AvgIpc) is 3.32. The van der Waals surface area contributed by atoms with Crippen LogP contribution in [0.15, 0.2) is 12.1 Å². The molecule has 5 heteroatoms. The van der Waals surface area contributed by atoms with Crippen LogP contribution in [0.5, 0.6) is 11.5 Å². The number of aromatic nitrogens is 1. The fraction of sp³-hybridized carbons (Fsp3) is 0.667. The Bertz CT molecular complexity index is 961. The molecule has 5 rings (SSSR count). The normalized spacial score (nSPS) is 20.0. The summed E-state index contributed by atoms with van der Waals surface area (Å²) in [7, 11) is 1.74. The molecule has 2 aliphatic carbocycles. The highest BCUT2D eigenvalue weighted by atomic mass is 16.5. The number of benzene rings is 1. The van der Waals surface area contributed by atoms with Crippen LogP contribution in [0.3, 0.4) is 0 Å². The summed E-state index contributed by atoms with van der Waals surface area (Å²) in [5.74, 6) is 3.65. The van der Waals surface area contributed by atoms with Gasteiger partial charge in [-0.15, -0.1) is 0 Å². The van der Waals surface area contributed by atoms with Crippen LogP contribution < -0.4 is 14.8 Å². The first-order valence-electron chi connectivity index (χ1n) is 12.6. The Kier molecular flexibility index (Phi) is 6.20. The number of methoxy groups -OCH3 is 1. The number of pyridine rings is 1. The molecule has 3 aliphatic rings. The molecule has 0 unspecified atom stereocenters. The van der Waals surface area contributed by atoms with Crippen molar-refractivity contribution >= 4 is 16.7 Å². The van der Waals surface area contributed by atoms with Gasteiger partial charge in [0.15, 0.2) is 11.5 Å². The molecule has 0 bridgehead atoms. The summed E-state index contributed by atoms with van der Waals surface area (Å²) in [5, 5.41) is 4.91. The molecular weight excluding hydrogens is 398 g/mol. The highest BCUT2D eigenvalue weighted by molar-refractivity contribution is 5.89. The second-order valence-electron chi connectivity index (χ2n) is 10.9. The zero-order valence-electron chi connectivity index (χ0n) is 20.1. The van der Waals surface area contributed by atoms with Crippen LogP contribution >= 0.6 is 0 Å². The highest BCUT2D eigenvalue weighted by Gasteiger charge is 2.33. The van der Waals surface area contributed by atoms with E-state index in [-0.39, 0.29) is 5.41 Å². The van der Waals surface area contributed by atoms with Crippen molar-refractivity contribution in [3.05, 3.63) is 23.3 Å². The van der Waals surface area contributed by atoms with Crippen LogP contribution in [0, 0.1) is 11.3 Å². The maximum absolute atomic E-state index is 6.20. The molecule has 5 nitrogen and oxygen atoms in total. The second-order valence-corrected chi connectivity index (χ2v) is 10.9. The predicted octanol–water partition coefficient (Wildman–Crippen LogP) is 5.44. The lowest BCUT2D eigenvalue weighted by Crippen LogP contribution is -2.21. The van der Waals surface area contributed by atoms with Crippen LogP contribution in [-0.4, -0.2) is 49.8 Å². The minimum absolute atomic E-state index is 0.267. The SMILES string of the molecule is COc1cc2c3c(c(NCCC4CC4)nc2cc1OCCCN1CCCC1)CC(C)(C)C3. The van der Waals surface area contributed by atoms with Gasteiger partial charge < -0.3 is 19.7 Å². The summed E-state index contributed by atoms with van der Waals surface area (Å²) in [6.45, 7) is 10.0. The fourth-order valence-electron chi connectivity index (χ4n) is 5.49. The lowest BCUT2D eigenvalue weighted by Gasteiger charge is -2.17. The lowest BCUT2D eigenvalue weighted by atomic mass is 9.90. The molecule has 2 aromatic rings. The third kappa shape index (κ3) is 4.83. The van der Waals surface area contributed by atoms with E-state index in [0.717, 1.165) is 61.1 Å². The standard InChI is InChI=1S/C27H39N3O2/c1-27(2)17-21-20-15-24(31-3)25(32-14-6-13-30-11-4-5-12-30)16-23(20)29-26(22(21)18-27)28-10-9-19-7-8-19/h15-16,19H,4-14,17-18H2,1-3H3,(H,28,29). The number of anilines is 1. The number of nitrogens with zero attached hydrogens (tertiary/aromatic N) is 2. The van der Waals surface area contributed by atoms with Gasteiger partial charge in [-0.25, -0.2) is 4.98 Å². The zero-order valence-corrected chi connectivity index (χ0v) is 20.1. The van der Waals surface area contributed by atoms with Gasteiger partial charge in [0.05, 0.1) is 19.2 Å². The van der Waals surface area contributed by atoms with Crippen LogP contribution in [0.1, 0.15) is 63.5 Å². The van der Waals surface area contributed by atoms with Gasteiger partial charge in [-0.1, -0.05) is 26.7 Å². The maximum Gasteiger partial charge on any atom is 0.163 e. The van der Waals surface area contributed by atoms with E-state index in [4.69, 9.17) is 14.5 Å². The summed E-state index contributed by atoms with van der Waals surface area (Å²) in [4.78, 5) is 7.64. The Morgan fingerprint density at radius 2 is 1.88 bits per heavy atom. The minimum Gasteiger partial charge on any atom is -0.493 e. The summed E-state index contributed by atoms with van der Waals surface area (Å²) in [5.41, 5.74) is 4.13. The van der Waals surface area contributed by atoms with E-state index in [1.54, 1.807) is 7.11 Å². The van der Waals surface area contributed by atoms with Gasteiger partial charge in [0, 0.05) is 24.5 Å². The van der Waals surface area contributed by atoms with E-state index in [9.17, 15) is 0 Å². The first-order valence-corrected chi connectivity index (χ1v) is 12.6. The van der Waals surface area contributed by atoms with Crippen LogP contribution in [0.4, 0.5) is 5.82 Å². The molecular formula is C27H39N3O2. The van der Waals surface area contributed by atoms with Crippen molar-refractivity contribution in [3.8, 4) is 11.5 Å². The summed E-state index contributed by atoms with van der Waals surface area (Å²) >= 11 is 0. The third-order valence-electron chi connectivity index (χ3n) is 7.42. The Hall–Kier alpha value is -2.01. The van der Waals surface area contributed by atoms with Gasteiger partial charge in [-0.2, -0.15) is 0 Å². The number of rotatable bonds is 10. The molecule has 2 heterocycles. The molecule has 0 amide bonds. The fourth-order valence-corrected chi connectivity index (χ4v) is 5.49. The Morgan fingerprint density at radius 3 is 2.62 bits per heavy atom. The topological polar surface area (TPSA) is 46.6 Å². The van der Waals surface area contributed by atoms with Crippen molar-refractivity contribution in [1.29, 1.82) is 0 Å². The number of hydrogen-bond acceptors (Lipinski definition) is 5. The number of hydrogen-bond donors (Lipinski definition) is 1. The molecule has 2 fully saturated rings. The van der Waals surface area contributed by atoms with Crippen molar-refractivity contribution in [1.82, 2.24) is 9.88 Å². The number of nitrogens with one attached hydrogen (secondary N) is 1. The Labute approximate surface area is 192 Å². The Balaban J connectivity index is 1.38. The van der Waals surface area contributed by atoms with Crippen LogP contribution in [-0.2, 0) is 12.8 Å². The largest absolute Gasteiger partial charge is 0.493 e. The average molecular weight is 438 g/mol. The van der Waals surface area contributed by atoms with Gasteiger partial charge >= 0.3 is 0 Å². The molecule has 32 heavy (non-hydrogen) atoms. The molecule has 1 saturated carbocycles. The van der Waals surface area contributed by atoms with Crippen molar-refractivity contribution in [3.63, 3.8) is 0 Å². The van der Waals surface area contributed by atoms with E-state index >= 15 is 0 Å². The monoisotopic (exact) mass is 437 g/mol. The smallest absolute Gasteiger partial charge is 0.163 e. The van der Waals surface area contributed by atoms with E-state index in [0.29, 0.717) is 6.61 Å². The minimum atomic E-state index is 0.267. The quantitative estimate of drug-likeness (QED) is 0.501. The Morgan fingerprint density at radius 1 is 1.09 bits per heavy atom. The molecule has 1 saturated heterocycles. The number of likely N-dealkylation sites (tertiary alicyclic amines) is 1. The summed E-state index contributed by atoms with van der Waals surface area (Å²) in [6, 6.07) is 4.26. The second kappa shape index (κ2) is 9.09. The maximum atomic E-state index is 6.20. The molecule has 1 N–H and O–H groups in total. The van der Waals surface area contributed by atoms with Crippen LogP contribution in [0.25, 0.3) is 10.9 Å². The summed E-state index contributed by atoms with van der Waals surface area (Å²) < 4.78 is 12.0.